The molecule has 2 aliphatic heterocycles. The quantitative estimate of drug-likeness (QED) is 0.650. The summed E-state index contributed by atoms with van der Waals surface area (Å²) in [6.07, 6.45) is -3.03. The number of halogens is 3. The average Bonchev–Trinajstić information content (AvgIpc) is 2.65. The van der Waals surface area contributed by atoms with Crippen molar-refractivity contribution >= 4 is 16.0 Å². The Bertz CT molecular complexity index is 869. The van der Waals surface area contributed by atoms with Crippen LogP contribution in [0.25, 0.3) is 0 Å². The van der Waals surface area contributed by atoms with Gasteiger partial charge in [-0.3, -0.25) is 4.90 Å². The molecule has 182 valence electrons. The van der Waals surface area contributed by atoms with Gasteiger partial charge in [0.05, 0.1) is 18.0 Å². The van der Waals surface area contributed by atoms with Gasteiger partial charge in [-0.25, -0.2) is 17.9 Å². The highest BCUT2D eigenvalue weighted by atomic mass is 32.2. The third-order valence-electron chi connectivity index (χ3n) is 5.56. The molecule has 2 N–H and O–H groups in total. The highest BCUT2D eigenvalue weighted by molar-refractivity contribution is 7.89. The van der Waals surface area contributed by atoms with Crippen molar-refractivity contribution in [3.63, 3.8) is 0 Å². The summed E-state index contributed by atoms with van der Waals surface area (Å²) in [5.74, 6) is -2.33. The molecule has 7 nitrogen and oxygen atoms in total. The molecule has 0 bridgehead atoms. The molecule has 2 aliphatic rings. The lowest BCUT2D eigenvalue weighted by molar-refractivity contribution is -0.192. The fourth-order valence-electron chi connectivity index (χ4n) is 3.97. The van der Waals surface area contributed by atoms with E-state index in [0.717, 1.165) is 32.5 Å². The second kappa shape index (κ2) is 10.5. The SMILES string of the molecule is CCS(=O)(=O)NCC1CCC2(CN(Cc3cc(C)cc(C)c3)C2)OC1.O=C(O)C(F)(F)F. The van der Waals surface area contributed by atoms with Crippen LogP contribution >= 0.6 is 0 Å². The molecule has 2 heterocycles. The summed E-state index contributed by atoms with van der Waals surface area (Å²) in [6, 6.07) is 6.73. The highest BCUT2D eigenvalue weighted by Gasteiger charge is 2.46. The Morgan fingerprint density at radius 1 is 1.25 bits per heavy atom. The molecule has 1 spiro atoms. The smallest absolute Gasteiger partial charge is 0.475 e. The number of rotatable bonds is 6. The van der Waals surface area contributed by atoms with Gasteiger partial charge in [0, 0.05) is 26.2 Å². The number of hydrogen-bond donors (Lipinski definition) is 2. The molecule has 3 rings (SSSR count). The lowest BCUT2D eigenvalue weighted by Crippen LogP contribution is -2.64. The number of nitrogens with one attached hydrogen (secondary N) is 1. The van der Waals surface area contributed by atoms with E-state index >= 15 is 0 Å². The van der Waals surface area contributed by atoms with Crippen LogP contribution in [0.5, 0.6) is 0 Å². The van der Waals surface area contributed by atoms with E-state index in [2.05, 4.69) is 41.7 Å². The Balaban J connectivity index is 0.000000451. The summed E-state index contributed by atoms with van der Waals surface area (Å²) < 4.78 is 63.6. The number of alkyl halides is 3. The summed E-state index contributed by atoms with van der Waals surface area (Å²) in [4.78, 5) is 11.3. The Morgan fingerprint density at radius 3 is 2.25 bits per heavy atom. The molecule has 1 aromatic carbocycles. The molecule has 2 fully saturated rings. The predicted molar refractivity (Wildman–Crippen MR) is 114 cm³/mol. The van der Waals surface area contributed by atoms with Crippen molar-refractivity contribution in [1.82, 2.24) is 9.62 Å². The third kappa shape index (κ3) is 8.02. The molecule has 32 heavy (non-hydrogen) atoms. The molecule has 0 radical (unpaired) electrons. The van der Waals surface area contributed by atoms with Crippen molar-refractivity contribution in [1.29, 1.82) is 0 Å². The van der Waals surface area contributed by atoms with Gasteiger partial charge >= 0.3 is 12.1 Å². The summed E-state index contributed by atoms with van der Waals surface area (Å²) in [5, 5.41) is 7.12. The van der Waals surface area contributed by atoms with Gasteiger partial charge in [0.25, 0.3) is 0 Å². The topological polar surface area (TPSA) is 95.9 Å². The zero-order valence-electron chi connectivity index (χ0n) is 18.5. The van der Waals surface area contributed by atoms with Gasteiger partial charge in [-0.1, -0.05) is 29.3 Å². The number of benzene rings is 1. The van der Waals surface area contributed by atoms with Crippen molar-refractivity contribution in [3.05, 3.63) is 34.9 Å². The van der Waals surface area contributed by atoms with E-state index in [-0.39, 0.29) is 11.4 Å². The number of hydrogen-bond acceptors (Lipinski definition) is 5. The molecule has 0 saturated carbocycles. The maximum absolute atomic E-state index is 11.5. The number of carbonyl (C=O) groups is 1. The standard InChI is InChI=1S/C19H30N2O3S.C2HF3O2/c1-4-25(22,23)20-10-17-5-6-19(24-12-17)13-21(14-19)11-18-8-15(2)7-16(3)9-18;3-2(4,5)1(6)7/h7-9,17,20H,4-6,10-14H2,1-3H3;(H,6,7). The Hall–Kier alpha value is -1.69. The van der Waals surface area contributed by atoms with Gasteiger partial charge in [0.2, 0.25) is 10.0 Å². The summed E-state index contributed by atoms with van der Waals surface area (Å²) >= 11 is 0. The van der Waals surface area contributed by atoms with E-state index in [0.29, 0.717) is 19.1 Å². The summed E-state index contributed by atoms with van der Waals surface area (Å²) in [5.41, 5.74) is 4.00. The van der Waals surface area contributed by atoms with Gasteiger partial charge in [0.1, 0.15) is 0 Å². The van der Waals surface area contributed by atoms with Crippen LogP contribution in [-0.2, 0) is 26.1 Å². The maximum Gasteiger partial charge on any atom is 0.490 e. The Morgan fingerprint density at radius 2 is 1.81 bits per heavy atom. The number of nitrogens with zero attached hydrogens (tertiary/aromatic N) is 1. The first kappa shape index (κ1) is 26.6. The highest BCUT2D eigenvalue weighted by Crippen LogP contribution is 2.36. The monoisotopic (exact) mass is 480 g/mol. The van der Waals surface area contributed by atoms with E-state index in [1.54, 1.807) is 6.92 Å². The fraction of sp³-hybridized carbons (Fsp3) is 0.667. The largest absolute Gasteiger partial charge is 0.490 e. The van der Waals surface area contributed by atoms with Crippen LogP contribution in [0, 0.1) is 19.8 Å². The van der Waals surface area contributed by atoms with Gasteiger partial charge in [-0.05, 0) is 45.1 Å². The van der Waals surface area contributed by atoms with Crippen molar-refractivity contribution in [2.75, 3.05) is 32.0 Å². The minimum Gasteiger partial charge on any atom is -0.475 e. The zero-order chi connectivity index (χ0) is 24.2. The van der Waals surface area contributed by atoms with Crippen LogP contribution in [0.2, 0.25) is 0 Å². The lowest BCUT2D eigenvalue weighted by atomic mass is 9.82. The van der Waals surface area contributed by atoms with E-state index in [1.165, 1.54) is 16.7 Å². The molecule has 1 aromatic rings. The van der Waals surface area contributed by atoms with Crippen molar-refractivity contribution in [2.45, 2.75) is 51.9 Å². The lowest BCUT2D eigenvalue weighted by Gasteiger charge is -2.53. The van der Waals surface area contributed by atoms with Crippen molar-refractivity contribution < 1.29 is 36.2 Å². The first-order valence-electron chi connectivity index (χ1n) is 10.4. The first-order chi connectivity index (χ1) is 14.7. The van der Waals surface area contributed by atoms with Gasteiger partial charge in [-0.15, -0.1) is 0 Å². The third-order valence-corrected chi connectivity index (χ3v) is 6.93. The van der Waals surface area contributed by atoms with Crippen LogP contribution in [0.4, 0.5) is 13.2 Å². The van der Waals surface area contributed by atoms with E-state index in [1.807, 2.05) is 0 Å². The van der Waals surface area contributed by atoms with Crippen LogP contribution < -0.4 is 4.72 Å². The fourth-order valence-corrected chi connectivity index (χ4v) is 4.67. The minimum atomic E-state index is -5.08. The Kier molecular flexibility index (Phi) is 8.71. The number of carboxylic acid groups (broad SMARTS) is 1. The first-order valence-corrected chi connectivity index (χ1v) is 12.1. The second-order valence-corrected chi connectivity index (χ2v) is 10.7. The normalized spacial score (nSPS) is 20.9. The predicted octanol–water partition coefficient (Wildman–Crippen LogP) is 2.86. The van der Waals surface area contributed by atoms with E-state index < -0.39 is 22.2 Å². The Labute approximate surface area is 187 Å². The molecule has 0 aromatic heterocycles. The van der Waals surface area contributed by atoms with Gasteiger partial charge in [0.15, 0.2) is 0 Å². The second-order valence-electron chi connectivity index (χ2n) is 8.59. The molecule has 11 heteroatoms. The van der Waals surface area contributed by atoms with E-state index in [4.69, 9.17) is 14.6 Å². The number of aliphatic carboxylic acids is 1. The number of carboxylic acids is 1. The van der Waals surface area contributed by atoms with Gasteiger partial charge in [-0.2, -0.15) is 13.2 Å². The number of ether oxygens (including phenoxy) is 1. The molecule has 0 aliphatic carbocycles. The number of sulfonamides is 1. The van der Waals surface area contributed by atoms with Crippen LogP contribution in [0.3, 0.4) is 0 Å². The van der Waals surface area contributed by atoms with Gasteiger partial charge < -0.3 is 9.84 Å². The molecular formula is C21H31F3N2O5S. The van der Waals surface area contributed by atoms with Crippen molar-refractivity contribution in [3.8, 4) is 0 Å². The average molecular weight is 481 g/mol. The number of aryl methyl sites for hydroxylation is 2. The number of likely N-dealkylation sites (tertiary alicyclic amines) is 1. The molecule has 1 atom stereocenters. The minimum absolute atomic E-state index is 0.000991. The van der Waals surface area contributed by atoms with E-state index in [9.17, 15) is 21.6 Å². The summed E-state index contributed by atoms with van der Waals surface area (Å²) in [7, 11) is -3.10. The van der Waals surface area contributed by atoms with Crippen molar-refractivity contribution in [2.24, 2.45) is 5.92 Å². The van der Waals surface area contributed by atoms with Crippen LogP contribution in [-0.4, -0.2) is 68.2 Å². The molecule has 0 amide bonds. The summed E-state index contributed by atoms with van der Waals surface area (Å²) in [6.45, 7) is 10.0. The van der Waals surface area contributed by atoms with Crippen LogP contribution in [0.1, 0.15) is 36.5 Å². The zero-order valence-corrected chi connectivity index (χ0v) is 19.4. The maximum atomic E-state index is 11.5. The van der Waals surface area contributed by atoms with Crippen LogP contribution in [0.15, 0.2) is 18.2 Å². The molecule has 2 saturated heterocycles. The molecule has 1 unspecified atom stereocenters. The molecular weight excluding hydrogens is 449 g/mol.